The van der Waals surface area contributed by atoms with E-state index in [1.165, 1.54) is 12.7 Å². The van der Waals surface area contributed by atoms with Crippen LogP contribution in [0.5, 0.6) is 0 Å². The van der Waals surface area contributed by atoms with Gasteiger partial charge in [0.05, 0.1) is 12.6 Å². The maximum Gasteiger partial charge on any atom is 0.357 e. The van der Waals surface area contributed by atoms with Crippen LogP contribution in [-0.2, 0) is 4.74 Å². The van der Waals surface area contributed by atoms with Crippen molar-refractivity contribution in [2.45, 2.75) is 6.92 Å². The summed E-state index contributed by atoms with van der Waals surface area (Å²) in [6, 6.07) is 13.8. The molecular weight excluding hydrogens is 238 g/mol. The molecule has 0 bridgehead atoms. The second-order valence-corrected chi connectivity index (χ2v) is 4.52. The first kappa shape index (κ1) is 11.7. The number of benzene rings is 2. The number of rotatable bonds is 1. The summed E-state index contributed by atoms with van der Waals surface area (Å²) in [4.78, 5) is 16.3. The molecule has 0 fully saturated rings. The van der Waals surface area contributed by atoms with Gasteiger partial charge in [-0.1, -0.05) is 35.9 Å². The molecule has 19 heavy (non-hydrogen) atoms. The van der Waals surface area contributed by atoms with Gasteiger partial charge in [0.2, 0.25) is 0 Å². The number of methoxy groups -OCH3 is 1. The third-order valence-electron chi connectivity index (χ3n) is 3.24. The number of ether oxygens (including phenoxy) is 1. The quantitative estimate of drug-likeness (QED) is 0.491. The summed E-state index contributed by atoms with van der Waals surface area (Å²) in [6.07, 6.45) is 0. The summed E-state index contributed by atoms with van der Waals surface area (Å²) in [5.41, 5.74) is 2.35. The number of carbonyl (C=O) groups is 1. The average Bonchev–Trinajstić information content (AvgIpc) is 2.46. The fraction of sp³-hybridized carbons (Fsp3) is 0.125. The molecule has 0 N–H and O–H groups in total. The van der Waals surface area contributed by atoms with Crippen molar-refractivity contribution in [2.75, 3.05) is 7.11 Å². The summed E-state index contributed by atoms with van der Waals surface area (Å²) in [6.45, 7) is 2.04. The molecule has 0 amide bonds. The Bertz CT molecular complexity index is 793. The van der Waals surface area contributed by atoms with Crippen LogP contribution in [0.25, 0.3) is 21.7 Å². The Morgan fingerprint density at radius 2 is 1.79 bits per heavy atom. The Balaban J connectivity index is 2.50. The van der Waals surface area contributed by atoms with Gasteiger partial charge in [-0.15, -0.1) is 0 Å². The molecule has 0 saturated carbocycles. The first-order valence-corrected chi connectivity index (χ1v) is 6.08. The van der Waals surface area contributed by atoms with Crippen molar-refractivity contribution < 1.29 is 9.53 Å². The molecule has 0 aliphatic carbocycles. The van der Waals surface area contributed by atoms with Gasteiger partial charge in [-0.25, -0.2) is 9.78 Å². The van der Waals surface area contributed by atoms with E-state index in [0.717, 1.165) is 21.7 Å². The molecule has 0 unspecified atom stereocenters. The highest BCUT2D eigenvalue weighted by Crippen LogP contribution is 2.27. The van der Waals surface area contributed by atoms with E-state index in [4.69, 9.17) is 4.74 Å². The second-order valence-electron chi connectivity index (χ2n) is 4.52. The maximum atomic E-state index is 11.9. The Kier molecular flexibility index (Phi) is 2.67. The van der Waals surface area contributed by atoms with Crippen LogP contribution in [0, 0.1) is 6.92 Å². The van der Waals surface area contributed by atoms with Crippen molar-refractivity contribution in [3.8, 4) is 0 Å². The molecule has 3 aromatic rings. The van der Waals surface area contributed by atoms with E-state index in [9.17, 15) is 4.79 Å². The minimum atomic E-state index is -0.404. The molecule has 94 valence electrons. The van der Waals surface area contributed by atoms with Crippen LogP contribution in [0.4, 0.5) is 0 Å². The third kappa shape index (κ3) is 1.83. The lowest BCUT2D eigenvalue weighted by atomic mass is 10.0. The standard InChI is InChI=1S/C16H13NO2/c1-10-7-8-14-13(9-10)11-5-3-4-6-12(11)15(17-14)16(18)19-2/h3-9H,1-2H3. The van der Waals surface area contributed by atoms with Crippen molar-refractivity contribution in [3.63, 3.8) is 0 Å². The predicted octanol–water partition coefficient (Wildman–Crippen LogP) is 3.48. The van der Waals surface area contributed by atoms with Gasteiger partial charge in [-0.05, 0) is 24.4 Å². The predicted molar refractivity (Wildman–Crippen MR) is 75.3 cm³/mol. The second kappa shape index (κ2) is 4.35. The molecule has 3 heteroatoms. The summed E-state index contributed by atoms with van der Waals surface area (Å²) < 4.78 is 4.82. The lowest BCUT2D eigenvalue weighted by molar-refractivity contribution is 0.0597. The number of aromatic nitrogens is 1. The van der Waals surface area contributed by atoms with E-state index in [1.807, 2.05) is 43.3 Å². The van der Waals surface area contributed by atoms with Crippen molar-refractivity contribution in [1.82, 2.24) is 4.98 Å². The number of aryl methyl sites for hydroxylation is 1. The third-order valence-corrected chi connectivity index (χ3v) is 3.24. The Morgan fingerprint density at radius 3 is 2.53 bits per heavy atom. The van der Waals surface area contributed by atoms with Gasteiger partial charge < -0.3 is 4.74 Å². The summed E-state index contributed by atoms with van der Waals surface area (Å²) in [5.74, 6) is -0.404. The highest BCUT2D eigenvalue weighted by atomic mass is 16.5. The SMILES string of the molecule is COC(=O)c1nc2ccc(C)cc2c2ccccc12. The van der Waals surface area contributed by atoms with Gasteiger partial charge in [0, 0.05) is 10.8 Å². The number of carbonyl (C=O) groups excluding carboxylic acids is 1. The maximum absolute atomic E-state index is 11.9. The van der Waals surface area contributed by atoms with Gasteiger partial charge in [-0.3, -0.25) is 0 Å². The van der Waals surface area contributed by atoms with Gasteiger partial charge in [0.25, 0.3) is 0 Å². The Morgan fingerprint density at radius 1 is 1.05 bits per heavy atom. The number of hydrogen-bond acceptors (Lipinski definition) is 3. The molecule has 0 aliphatic rings. The summed E-state index contributed by atoms with van der Waals surface area (Å²) in [7, 11) is 1.37. The van der Waals surface area contributed by atoms with Crippen molar-refractivity contribution in [2.24, 2.45) is 0 Å². The van der Waals surface area contributed by atoms with E-state index in [1.54, 1.807) is 0 Å². The van der Waals surface area contributed by atoms with Gasteiger partial charge in [0.1, 0.15) is 0 Å². The molecule has 0 atom stereocenters. The van der Waals surface area contributed by atoms with Crippen molar-refractivity contribution in [1.29, 1.82) is 0 Å². The number of hydrogen-bond donors (Lipinski definition) is 0. The fourth-order valence-corrected chi connectivity index (χ4v) is 2.32. The van der Waals surface area contributed by atoms with E-state index >= 15 is 0 Å². The molecule has 3 nitrogen and oxygen atoms in total. The largest absolute Gasteiger partial charge is 0.464 e. The molecule has 3 rings (SSSR count). The average molecular weight is 251 g/mol. The van der Waals surface area contributed by atoms with E-state index in [0.29, 0.717) is 5.69 Å². The lowest BCUT2D eigenvalue weighted by Crippen LogP contribution is -2.05. The van der Waals surface area contributed by atoms with Crippen molar-refractivity contribution in [3.05, 3.63) is 53.7 Å². The minimum absolute atomic E-state index is 0.370. The normalized spacial score (nSPS) is 10.8. The molecule has 0 aliphatic heterocycles. The Labute approximate surface area is 110 Å². The number of pyridine rings is 1. The van der Waals surface area contributed by atoms with Gasteiger partial charge >= 0.3 is 5.97 Å². The number of esters is 1. The van der Waals surface area contributed by atoms with Gasteiger partial charge in [-0.2, -0.15) is 0 Å². The van der Waals surface area contributed by atoms with Crippen molar-refractivity contribution >= 4 is 27.6 Å². The highest BCUT2D eigenvalue weighted by molar-refractivity contribution is 6.13. The van der Waals surface area contributed by atoms with Crippen LogP contribution in [0.2, 0.25) is 0 Å². The Hall–Kier alpha value is -2.42. The monoisotopic (exact) mass is 251 g/mol. The summed E-state index contributed by atoms with van der Waals surface area (Å²) >= 11 is 0. The molecule has 1 aromatic heterocycles. The zero-order valence-corrected chi connectivity index (χ0v) is 10.8. The molecule has 2 aromatic carbocycles. The van der Waals surface area contributed by atoms with Crippen LogP contribution in [-0.4, -0.2) is 18.1 Å². The minimum Gasteiger partial charge on any atom is -0.464 e. The van der Waals surface area contributed by atoms with Crippen LogP contribution < -0.4 is 0 Å². The topological polar surface area (TPSA) is 39.2 Å². The highest BCUT2D eigenvalue weighted by Gasteiger charge is 2.14. The van der Waals surface area contributed by atoms with Crippen LogP contribution in [0.15, 0.2) is 42.5 Å². The zero-order valence-electron chi connectivity index (χ0n) is 10.8. The smallest absolute Gasteiger partial charge is 0.357 e. The molecule has 0 radical (unpaired) electrons. The first-order chi connectivity index (χ1) is 9.20. The fourth-order valence-electron chi connectivity index (χ4n) is 2.32. The molecule has 0 spiro atoms. The number of fused-ring (bicyclic) bond motifs is 3. The number of nitrogens with zero attached hydrogens (tertiary/aromatic N) is 1. The molecule has 0 saturated heterocycles. The van der Waals surface area contributed by atoms with E-state index in [-0.39, 0.29) is 0 Å². The molecular formula is C16H13NO2. The van der Waals surface area contributed by atoms with E-state index < -0.39 is 5.97 Å². The van der Waals surface area contributed by atoms with Gasteiger partial charge in [0.15, 0.2) is 5.69 Å². The van der Waals surface area contributed by atoms with Crippen LogP contribution >= 0.6 is 0 Å². The lowest BCUT2D eigenvalue weighted by Gasteiger charge is -2.08. The van der Waals surface area contributed by atoms with Crippen LogP contribution in [0.1, 0.15) is 16.1 Å². The van der Waals surface area contributed by atoms with E-state index in [2.05, 4.69) is 11.1 Å². The molecule has 1 heterocycles. The van der Waals surface area contributed by atoms with Crippen LogP contribution in [0.3, 0.4) is 0 Å². The summed E-state index contributed by atoms with van der Waals surface area (Å²) in [5, 5.41) is 2.91. The first-order valence-electron chi connectivity index (χ1n) is 6.08. The zero-order chi connectivity index (χ0) is 13.4.